The molecule has 0 radical (unpaired) electrons. The quantitative estimate of drug-likeness (QED) is 0.452. The number of hydrogen-bond donors (Lipinski definition) is 0. The lowest BCUT2D eigenvalue weighted by molar-refractivity contribution is 0.0316. The average molecular weight is 423 g/mol. The van der Waals surface area contributed by atoms with Gasteiger partial charge in [0.25, 0.3) is 5.91 Å². The van der Waals surface area contributed by atoms with Gasteiger partial charge in [-0.1, -0.05) is 0 Å². The smallest absolute Gasteiger partial charge is 0.255 e. The molecule has 6 nitrogen and oxygen atoms in total. The van der Waals surface area contributed by atoms with E-state index in [1.165, 1.54) is 7.11 Å². The van der Waals surface area contributed by atoms with Gasteiger partial charge in [0, 0.05) is 27.3 Å². The van der Waals surface area contributed by atoms with E-state index in [9.17, 15) is 4.79 Å². The Balaban J connectivity index is 3.17. The Kier molecular flexibility index (Phi) is 8.51. The number of carbonyl (C=O) groups excluding carboxylic acids is 1. The van der Waals surface area contributed by atoms with Crippen molar-refractivity contribution in [1.29, 1.82) is 0 Å². The summed E-state index contributed by atoms with van der Waals surface area (Å²) in [6.07, 6.45) is 0. The van der Waals surface area contributed by atoms with Gasteiger partial charge in [0.15, 0.2) is 25.1 Å². The van der Waals surface area contributed by atoms with Gasteiger partial charge in [-0.05, 0) is 48.6 Å². The third-order valence-corrected chi connectivity index (χ3v) is 4.07. The summed E-state index contributed by atoms with van der Waals surface area (Å²) in [5.41, 5.74) is 0.583. The lowest BCUT2D eigenvalue weighted by Gasteiger charge is -2.21. The molecule has 1 aromatic carbocycles. The van der Waals surface area contributed by atoms with Crippen molar-refractivity contribution >= 4 is 28.5 Å². The van der Waals surface area contributed by atoms with Crippen LogP contribution in [0.3, 0.4) is 0 Å². The van der Waals surface area contributed by atoms with Gasteiger partial charge in [-0.15, -0.1) is 0 Å². The van der Waals surface area contributed by atoms with Crippen molar-refractivity contribution < 1.29 is 23.7 Å². The minimum atomic E-state index is -0.0324. The Morgan fingerprint density at radius 3 is 2.23 bits per heavy atom. The zero-order valence-corrected chi connectivity index (χ0v) is 15.5. The van der Waals surface area contributed by atoms with Gasteiger partial charge in [0.2, 0.25) is 0 Å². The predicted octanol–water partition coefficient (Wildman–Crippen LogP) is 2.74. The number of methoxy groups -OCH3 is 2. The second-order valence-electron chi connectivity index (χ2n) is 4.33. The van der Waals surface area contributed by atoms with Crippen LogP contribution in [0, 0.1) is 3.57 Å². The van der Waals surface area contributed by atoms with Crippen molar-refractivity contribution in [2.24, 2.45) is 0 Å². The molecule has 0 heterocycles. The van der Waals surface area contributed by atoms with Crippen molar-refractivity contribution in [2.75, 3.05) is 40.9 Å². The molecule has 0 spiro atoms. The fourth-order valence-electron chi connectivity index (χ4n) is 1.87. The number of halogens is 1. The summed E-state index contributed by atoms with van der Waals surface area (Å²) in [5.74, 6) is 0.965. The van der Waals surface area contributed by atoms with E-state index in [1.54, 1.807) is 24.1 Å². The molecule has 0 N–H and O–H groups in total. The zero-order chi connectivity index (χ0) is 16.5. The minimum absolute atomic E-state index is 0.0324. The van der Waals surface area contributed by atoms with Gasteiger partial charge in [-0.3, -0.25) is 4.79 Å². The van der Waals surface area contributed by atoms with Crippen molar-refractivity contribution in [3.8, 4) is 11.5 Å². The zero-order valence-electron chi connectivity index (χ0n) is 13.3. The molecule has 0 aromatic heterocycles. The van der Waals surface area contributed by atoms with Crippen LogP contribution in [-0.4, -0.2) is 51.7 Å². The second kappa shape index (κ2) is 9.86. The van der Waals surface area contributed by atoms with Crippen molar-refractivity contribution in [2.45, 2.75) is 13.8 Å². The number of nitrogens with zero attached hydrogens (tertiary/aromatic N) is 1. The first kappa shape index (κ1) is 19.0. The third kappa shape index (κ3) is 4.72. The van der Waals surface area contributed by atoms with E-state index < -0.39 is 0 Å². The van der Waals surface area contributed by atoms with E-state index in [0.29, 0.717) is 33.7 Å². The summed E-state index contributed by atoms with van der Waals surface area (Å²) in [6, 6.07) is 3.45. The fourth-order valence-corrected chi connectivity index (χ4v) is 2.71. The van der Waals surface area contributed by atoms with Crippen LogP contribution in [0.25, 0.3) is 0 Å². The second-order valence-corrected chi connectivity index (χ2v) is 5.41. The highest BCUT2D eigenvalue weighted by molar-refractivity contribution is 14.1. The van der Waals surface area contributed by atoms with E-state index in [2.05, 4.69) is 22.6 Å². The molecule has 0 aliphatic rings. The minimum Gasteiger partial charge on any atom is -0.464 e. The summed E-state index contributed by atoms with van der Waals surface area (Å²) < 4.78 is 21.6. The lowest BCUT2D eigenvalue weighted by Crippen LogP contribution is -2.31. The van der Waals surface area contributed by atoms with Crippen LogP contribution in [0.1, 0.15) is 24.2 Å². The lowest BCUT2D eigenvalue weighted by atomic mass is 10.1. The van der Waals surface area contributed by atoms with Crippen molar-refractivity contribution in [3.63, 3.8) is 0 Å². The molecular weight excluding hydrogens is 401 g/mol. The van der Waals surface area contributed by atoms with Crippen LogP contribution in [0.5, 0.6) is 11.5 Å². The van der Waals surface area contributed by atoms with E-state index in [1.807, 2.05) is 13.8 Å². The van der Waals surface area contributed by atoms with E-state index in [0.717, 1.165) is 0 Å². The maximum absolute atomic E-state index is 12.5. The Morgan fingerprint density at radius 2 is 1.68 bits per heavy atom. The van der Waals surface area contributed by atoms with Crippen molar-refractivity contribution in [1.82, 2.24) is 4.90 Å². The summed E-state index contributed by atoms with van der Waals surface area (Å²) >= 11 is 2.09. The van der Waals surface area contributed by atoms with Gasteiger partial charge < -0.3 is 23.8 Å². The first-order valence-electron chi connectivity index (χ1n) is 6.95. The van der Waals surface area contributed by atoms with Crippen LogP contribution in [0.2, 0.25) is 0 Å². The molecule has 0 aliphatic carbocycles. The normalized spacial score (nSPS) is 10.4. The van der Waals surface area contributed by atoms with Crippen LogP contribution in [-0.2, 0) is 9.47 Å². The summed E-state index contributed by atoms with van der Waals surface area (Å²) in [5, 5.41) is 0. The molecule has 1 rings (SSSR count). The molecule has 1 amide bonds. The molecule has 124 valence electrons. The fraction of sp³-hybridized carbons (Fsp3) is 0.533. The molecule has 0 aliphatic heterocycles. The highest BCUT2D eigenvalue weighted by Crippen LogP contribution is 2.35. The first-order valence-corrected chi connectivity index (χ1v) is 8.03. The van der Waals surface area contributed by atoms with E-state index in [4.69, 9.17) is 18.9 Å². The van der Waals surface area contributed by atoms with Gasteiger partial charge in [-0.25, -0.2) is 0 Å². The summed E-state index contributed by atoms with van der Waals surface area (Å²) in [7, 11) is 3.08. The molecule has 0 saturated carbocycles. The van der Waals surface area contributed by atoms with Gasteiger partial charge in [0.05, 0.1) is 9.13 Å². The molecule has 1 aromatic rings. The number of amides is 1. The highest BCUT2D eigenvalue weighted by atomic mass is 127. The first-order chi connectivity index (χ1) is 10.6. The standard InChI is InChI=1S/C15H22INO5/c1-5-17(6-2)15(18)11-7-8-12(21-9-19-3)14(13(11)16)22-10-20-4/h7-8H,5-6,9-10H2,1-4H3. The Bertz CT molecular complexity index is 491. The van der Waals surface area contributed by atoms with Gasteiger partial charge in [-0.2, -0.15) is 0 Å². The van der Waals surface area contributed by atoms with Gasteiger partial charge in [0.1, 0.15) is 0 Å². The van der Waals surface area contributed by atoms with E-state index >= 15 is 0 Å². The number of benzene rings is 1. The van der Waals surface area contributed by atoms with Crippen LogP contribution in [0.4, 0.5) is 0 Å². The van der Waals surface area contributed by atoms with Crippen LogP contribution in [0.15, 0.2) is 12.1 Å². The maximum Gasteiger partial charge on any atom is 0.255 e. The number of ether oxygens (including phenoxy) is 4. The molecule has 0 bridgehead atoms. The van der Waals surface area contributed by atoms with Gasteiger partial charge >= 0.3 is 0 Å². The molecule has 7 heteroatoms. The van der Waals surface area contributed by atoms with Crippen molar-refractivity contribution in [3.05, 3.63) is 21.3 Å². The SMILES string of the molecule is CCN(CC)C(=O)c1ccc(OCOC)c(OCOC)c1I. The Hall–Kier alpha value is -1.06. The molecule has 22 heavy (non-hydrogen) atoms. The molecule has 0 saturated heterocycles. The largest absolute Gasteiger partial charge is 0.464 e. The number of carbonyl (C=O) groups is 1. The maximum atomic E-state index is 12.5. The molecule has 0 fully saturated rings. The summed E-state index contributed by atoms with van der Waals surface area (Å²) in [6.45, 7) is 5.38. The monoisotopic (exact) mass is 423 g/mol. The molecule has 0 unspecified atom stereocenters. The Labute approximate surface area is 144 Å². The summed E-state index contributed by atoms with van der Waals surface area (Å²) in [4.78, 5) is 14.3. The number of hydrogen-bond acceptors (Lipinski definition) is 5. The predicted molar refractivity (Wildman–Crippen MR) is 91.4 cm³/mol. The molecular formula is C15H22INO5. The highest BCUT2D eigenvalue weighted by Gasteiger charge is 2.21. The average Bonchev–Trinajstić information content (AvgIpc) is 2.53. The Morgan fingerprint density at radius 1 is 1.09 bits per heavy atom. The number of rotatable bonds is 9. The van der Waals surface area contributed by atoms with Crippen LogP contribution >= 0.6 is 22.6 Å². The third-order valence-electron chi connectivity index (χ3n) is 3.00. The molecule has 0 atom stereocenters. The van der Waals surface area contributed by atoms with Crippen LogP contribution < -0.4 is 9.47 Å². The van der Waals surface area contributed by atoms with E-state index in [-0.39, 0.29) is 19.5 Å². The topological polar surface area (TPSA) is 57.2 Å².